The van der Waals surface area contributed by atoms with Gasteiger partial charge in [-0.25, -0.2) is 19.8 Å². The minimum atomic E-state index is -1.29. The SMILES string of the molecule is O=C[C@H](CC(=O)O)NC(=O)[C@@H]1CCCN2C(=O)CCN(NC(=O)CCc3ccc4c(c3)OCO4)C(=O)N12. The van der Waals surface area contributed by atoms with Crippen LogP contribution in [0.25, 0.3) is 0 Å². The fraction of sp³-hybridized carbons (Fsp3) is 0.478. The van der Waals surface area contributed by atoms with Crippen molar-refractivity contribution < 1.29 is 43.3 Å². The van der Waals surface area contributed by atoms with Crippen LogP contribution in [0.1, 0.15) is 37.7 Å². The third-order valence-corrected chi connectivity index (χ3v) is 6.19. The highest BCUT2D eigenvalue weighted by atomic mass is 16.7. The largest absolute Gasteiger partial charge is 0.481 e. The topological polar surface area (TPSA) is 175 Å². The van der Waals surface area contributed by atoms with Crippen molar-refractivity contribution in [2.45, 2.75) is 50.6 Å². The summed E-state index contributed by atoms with van der Waals surface area (Å²) in [6.07, 6.45) is 0.613. The van der Waals surface area contributed by atoms with Crippen LogP contribution in [0.2, 0.25) is 0 Å². The van der Waals surface area contributed by atoms with Crippen LogP contribution >= 0.6 is 0 Å². The van der Waals surface area contributed by atoms with Crippen molar-refractivity contribution in [2.24, 2.45) is 0 Å². The van der Waals surface area contributed by atoms with Crippen molar-refractivity contribution >= 4 is 36.0 Å². The number of nitrogens with zero attached hydrogens (tertiary/aromatic N) is 3. The van der Waals surface area contributed by atoms with Crippen LogP contribution in [0, 0.1) is 0 Å². The van der Waals surface area contributed by atoms with Gasteiger partial charge in [-0.05, 0) is 37.0 Å². The summed E-state index contributed by atoms with van der Waals surface area (Å²) in [7, 11) is 0. The number of carbonyl (C=O) groups excluding carboxylic acids is 5. The zero-order chi connectivity index (χ0) is 26.5. The summed E-state index contributed by atoms with van der Waals surface area (Å²) in [6.45, 7) is 0.244. The molecule has 3 aliphatic heterocycles. The Bertz CT molecular complexity index is 1110. The maximum absolute atomic E-state index is 13.4. The summed E-state index contributed by atoms with van der Waals surface area (Å²) >= 11 is 0. The summed E-state index contributed by atoms with van der Waals surface area (Å²) in [4.78, 5) is 73.9. The molecule has 0 bridgehead atoms. The molecule has 0 saturated carbocycles. The third-order valence-electron chi connectivity index (χ3n) is 6.19. The Kier molecular flexibility index (Phi) is 7.74. The summed E-state index contributed by atoms with van der Waals surface area (Å²) < 4.78 is 10.6. The Labute approximate surface area is 211 Å². The molecule has 0 unspecified atom stereocenters. The Morgan fingerprint density at radius 3 is 2.70 bits per heavy atom. The van der Waals surface area contributed by atoms with Crippen LogP contribution in [0.4, 0.5) is 4.79 Å². The van der Waals surface area contributed by atoms with Gasteiger partial charge < -0.3 is 24.7 Å². The van der Waals surface area contributed by atoms with Crippen LogP contribution in [0.5, 0.6) is 11.5 Å². The first-order valence-electron chi connectivity index (χ1n) is 11.8. The number of aryl methyl sites for hydroxylation is 1. The molecule has 2 fully saturated rings. The van der Waals surface area contributed by atoms with E-state index in [-0.39, 0.29) is 39.1 Å². The molecule has 37 heavy (non-hydrogen) atoms. The average molecular weight is 517 g/mol. The van der Waals surface area contributed by atoms with Gasteiger partial charge in [0, 0.05) is 19.4 Å². The maximum atomic E-state index is 13.4. The lowest BCUT2D eigenvalue weighted by atomic mass is 10.1. The van der Waals surface area contributed by atoms with E-state index in [4.69, 9.17) is 14.6 Å². The number of benzene rings is 1. The first kappa shape index (κ1) is 25.7. The normalized spacial score (nSPS) is 19.6. The number of hydrazine groups is 2. The second-order valence-corrected chi connectivity index (χ2v) is 8.78. The maximum Gasteiger partial charge on any atom is 0.358 e. The van der Waals surface area contributed by atoms with Crippen molar-refractivity contribution in [3.8, 4) is 11.5 Å². The summed E-state index contributed by atoms with van der Waals surface area (Å²) in [6, 6.07) is 2.11. The molecule has 14 nitrogen and oxygen atoms in total. The molecule has 4 rings (SSSR count). The molecule has 14 heteroatoms. The number of aldehydes is 1. The average Bonchev–Trinajstić information content (AvgIpc) is 3.31. The molecule has 0 spiro atoms. The van der Waals surface area contributed by atoms with Gasteiger partial charge in [-0.1, -0.05) is 6.07 Å². The van der Waals surface area contributed by atoms with Gasteiger partial charge in [0.1, 0.15) is 12.3 Å². The number of ether oxygens (including phenoxy) is 2. The lowest BCUT2D eigenvalue weighted by molar-refractivity contribution is -0.155. The molecule has 0 radical (unpaired) electrons. The van der Waals surface area contributed by atoms with E-state index in [1.54, 1.807) is 12.1 Å². The quantitative estimate of drug-likeness (QED) is 0.367. The van der Waals surface area contributed by atoms with Gasteiger partial charge in [0.2, 0.25) is 24.5 Å². The number of carbonyl (C=O) groups is 6. The summed E-state index contributed by atoms with van der Waals surface area (Å²) in [5.41, 5.74) is 3.36. The van der Waals surface area contributed by atoms with E-state index in [1.165, 1.54) is 5.01 Å². The molecule has 0 aliphatic carbocycles. The smallest absolute Gasteiger partial charge is 0.358 e. The lowest BCUT2D eigenvalue weighted by Gasteiger charge is -2.42. The van der Waals surface area contributed by atoms with Gasteiger partial charge in [0.15, 0.2) is 11.5 Å². The zero-order valence-corrected chi connectivity index (χ0v) is 19.9. The molecule has 3 aliphatic rings. The van der Waals surface area contributed by atoms with Gasteiger partial charge in [0.25, 0.3) is 0 Å². The summed E-state index contributed by atoms with van der Waals surface area (Å²) in [5, 5.41) is 14.4. The van der Waals surface area contributed by atoms with Crippen molar-refractivity contribution in [3.63, 3.8) is 0 Å². The van der Waals surface area contributed by atoms with E-state index in [1.807, 2.05) is 6.07 Å². The first-order chi connectivity index (χ1) is 17.8. The number of carboxylic acid groups (broad SMARTS) is 1. The third kappa shape index (κ3) is 5.90. The predicted molar refractivity (Wildman–Crippen MR) is 123 cm³/mol. The molecule has 1 aromatic rings. The number of hydrogen-bond donors (Lipinski definition) is 3. The number of carboxylic acids is 1. The number of amides is 5. The van der Waals surface area contributed by atoms with Gasteiger partial charge >= 0.3 is 12.0 Å². The van der Waals surface area contributed by atoms with Crippen LogP contribution in [-0.2, 0) is 30.4 Å². The van der Waals surface area contributed by atoms with E-state index < -0.39 is 48.2 Å². The van der Waals surface area contributed by atoms with Crippen molar-refractivity contribution in [2.75, 3.05) is 19.9 Å². The van der Waals surface area contributed by atoms with Gasteiger partial charge in [-0.3, -0.25) is 24.6 Å². The fourth-order valence-corrected chi connectivity index (χ4v) is 4.38. The van der Waals surface area contributed by atoms with Gasteiger partial charge in [-0.2, -0.15) is 0 Å². The van der Waals surface area contributed by atoms with Gasteiger partial charge in [-0.15, -0.1) is 0 Å². The van der Waals surface area contributed by atoms with Crippen LogP contribution in [-0.4, -0.2) is 88.1 Å². The molecule has 3 heterocycles. The first-order valence-corrected chi connectivity index (χ1v) is 11.8. The number of fused-ring (bicyclic) bond motifs is 2. The number of urea groups is 1. The van der Waals surface area contributed by atoms with Crippen LogP contribution in [0.3, 0.4) is 0 Å². The molecule has 0 aromatic heterocycles. The van der Waals surface area contributed by atoms with E-state index in [0.717, 1.165) is 15.6 Å². The fourth-order valence-electron chi connectivity index (χ4n) is 4.38. The highest BCUT2D eigenvalue weighted by molar-refractivity contribution is 5.92. The Morgan fingerprint density at radius 2 is 1.95 bits per heavy atom. The number of rotatable bonds is 9. The Hall–Kier alpha value is -4.36. The molecular formula is C23H27N5O9. The number of nitrogens with one attached hydrogen (secondary N) is 2. The van der Waals surface area contributed by atoms with Gasteiger partial charge in [0.05, 0.1) is 19.0 Å². The number of hydrogen-bond acceptors (Lipinski definition) is 8. The monoisotopic (exact) mass is 517 g/mol. The van der Waals surface area contributed by atoms with E-state index in [0.29, 0.717) is 30.6 Å². The Morgan fingerprint density at radius 1 is 1.16 bits per heavy atom. The second-order valence-electron chi connectivity index (χ2n) is 8.78. The van der Waals surface area contributed by atoms with E-state index in [2.05, 4.69) is 10.7 Å². The molecule has 5 amide bonds. The van der Waals surface area contributed by atoms with Crippen molar-refractivity contribution in [1.82, 2.24) is 25.8 Å². The van der Waals surface area contributed by atoms with Crippen molar-refractivity contribution in [3.05, 3.63) is 23.8 Å². The lowest BCUT2D eigenvalue weighted by Crippen LogP contribution is -2.64. The van der Waals surface area contributed by atoms with E-state index in [9.17, 15) is 28.8 Å². The predicted octanol–water partition coefficient (Wildman–Crippen LogP) is -0.429. The minimum Gasteiger partial charge on any atom is -0.481 e. The highest BCUT2D eigenvalue weighted by Crippen LogP contribution is 2.32. The minimum absolute atomic E-state index is 0.0429. The van der Waals surface area contributed by atoms with E-state index >= 15 is 0 Å². The Balaban J connectivity index is 1.42. The van der Waals surface area contributed by atoms with Crippen molar-refractivity contribution in [1.29, 1.82) is 0 Å². The molecule has 198 valence electrons. The second kappa shape index (κ2) is 11.1. The standard InChI is InChI=1S/C23H27N5O9/c29-12-15(11-21(32)33)24-22(34)16-2-1-8-27-20(31)7-9-26(23(35)28(16)27)25-19(30)6-4-14-3-5-17-18(10-14)37-13-36-17/h3,5,10,12,15-16H,1-2,4,6-9,11,13H2,(H,24,34)(H,25,30)(H,32,33)/t15-,16-/m0/s1. The van der Waals surface area contributed by atoms with Crippen LogP contribution < -0.4 is 20.2 Å². The zero-order valence-electron chi connectivity index (χ0n) is 19.9. The molecule has 1 aromatic carbocycles. The number of aliphatic carboxylic acids is 1. The molecular weight excluding hydrogens is 490 g/mol. The summed E-state index contributed by atoms with van der Waals surface area (Å²) in [5.74, 6) is -1.69. The highest BCUT2D eigenvalue weighted by Gasteiger charge is 2.44. The molecule has 3 N–H and O–H groups in total. The molecule has 2 saturated heterocycles. The molecule has 2 atom stereocenters. The van der Waals surface area contributed by atoms with Crippen LogP contribution in [0.15, 0.2) is 18.2 Å².